The van der Waals surface area contributed by atoms with Gasteiger partial charge in [-0.3, -0.25) is 4.79 Å². The summed E-state index contributed by atoms with van der Waals surface area (Å²) in [4.78, 5) is 16.3. The number of anilines is 1. The minimum atomic E-state index is 0.135. The summed E-state index contributed by atoms with van der Waals surface area (Å²) in [7, 11) is 0. The van der Waals surface area contributed by atoms with Gasteiger partial charge in [0.25, 0.3) is 0 Å². The lowest BCUT2D eigenvalue weighted by atomic mass is 10.3. The highest BCUT2D eigenvalue weighted by Crippen LogP contribution is 2.26. The molecule has 0 bridgehead atoms. The van der Waals surface area contributed by atoms with Gasteiger partial charge in [0, 0.05) is 22.0 Å². The van der Waals surface area contributed by atoms with Crippen LogP contribution >= 0.6 is 39.0 Å². The van der Waals surface area contributed by atoms with E-state index >= 15 is 0 Å². The van der Waals surface area contributed by atoms with Crippen molar-refractivity contribution in [2.75, 3.05) is 18.0 Å². The predicted octanol–water partition coefficient (Wildman–Crippen LogP) is 4.23. The summed E-state index contributed by atoms with van der Waals surface area (Å²) in [6.45, 7) is 3.37. The highest BCUT2D eigenvalue weighted by atomic mass is 79.9. The number of carbonyl (C=O) groups is 1. The van der Waals surface area contributed by atoms with Crippen molar-refractivity contribution in [2.24, 2.45) is 0 Å². The molecule has 0 fully saturated rings. The Labute approximate surface area is 141 Å². The lowest BCUT2D eigenvalue weighted by Crippen LogP contribution is -2.31. The maximum atomic E-state index is 12.3. The fourth-order valence-corrected chi connectivity index (χ4v) is 4.21. The maximum absolute atomic E-state index is 12.3. The molecule has 0 aliphatic heterocycles. The number of thioether (sulfide) groups is 1. The molecule has 0 spiro atoms. The third-order valence-electron chi connectivity index (χ3n) is 2.98. The molecule has 0 radical (unpaired) electrons. The van der Waals surface area contributed by atoms with Crippen LogP contribution in [0.5, 0.6) is 0 Å². The van der Waals surface area contributed by atoms with Crippen LogP contribution in [0.2, 0.25) is 0 Å². The lowest BCUT2D eigenvalue weighted by molar-refractivity contribution is -0.128. The molecule has 2 N–H and O–H groups in total. The molecule has 1 aromatic heterocycles. The van der Waals surface area contributed by atoms with Gasteiger partial charge in [0.05, 0.1) is 16.1 Å². The van der Waals surface area contributed by atoms with E-state index in [4.69, 9.17) is 5.73 Å². The summed E-state index contributed by atoms with van der Waals surface area (Å²) in [5.41, 5.74) is 6.62. The van der Waals surface area contributed by atoms with Crippen LogP contribution in [0.15, 0.2) is 45.1 Å². The van der Waals surface area contributed by atoms with Crippen molar-refractivity contribution < 1.29 is 4.79 Å². The molecular formula is C15H17BrN2OS2. The van der Waals surface area contributed by atoms with Crippen LogP contribution in [-0.4, -0.2) is 23.1 Å². The maximum Gasteiger partial charge on any atom is 0.233 e. The molecule has 1 heterocycles. The number of hydrogen-bond acceptors (Lipinski definition) is 4. The van der Waals surface area contributed by atoms with E-state index in [1.54, 1.807) is 11.3 Å². The minimum absolute atomic E-state index is 0.135. The Bertz CT molecular complexity index is 615. The van der Waals surface area contributed by atoms with E-state index in [2.05, 4.69) is 15.9 Å². The molecule has 3 nitrogen and oxygen atoms in total. The minimum Gasteiger partial charge on any atom is -0.398 e. The molecule has 112 valence electrons. The SMILES string of the molecule is CCN(Cc1ccc(Br)s1)C(=O)CSc1ccccc1N. The van der Waals surface area contributed by atoms with Gasteiger partial charge < -0.3 is 10.6 Å². The number of carbonyl (C=O) groups excluding carboxylic acids is 1. The highest BCUT2D eigenvalue weighted by molar-refractivity contribution is 9.11. The molecule has 0 atom stereocenters. The Kier molecular flexibility index (Phi) is 6.14. The van der Waals surface area contributed by atoms with E-state index in [0.717, 1.165) is 14.4 Å². The van der Waals surface area contributed by atoms with Gasteiger partial charge in [-0.25, -0.2) is 0 Å². The summed E-state index contributed by atoms with van der Waals surface area (Å²) in [5, 5.41) is 0. The molecule has 21 heavy (non-hydrogen) atoms. The zero-order valence-electron chi connectivity index (χ0n) is 11.7. The highest BCUT2D eigenvalue weighted by Gasteiger charge is 2.14. The zero-order chi connectivity index (χ0) is 15.2. The van der Waals surface area contributed by atoms with E-state index in [-0.39, 0.29) is 5.91 Å². The van der Waals surface area contributed by atoms with Crippen LogP contribution in [0.25, 0.3) is 0 Å². The van der Waals surface area contributed by atoms with Gasteiger partial charge in [-0.1, -0.05) is 12.1 Å². The second-order valence-corrected chi connectivity index (χ2v) is 8.00. The molecule has 1 amide bonds. The van der Waals surface area contributed by atoms with Crippen molar-refractivity contribution in [3.63, 3.8) is 0 Å². The van der Waals surface area contributed by atoms with E-state index < -0.39 is 0 Å². The Balaban J connectivity index is 1.93. The summed E-state index contributed by atoms with van der Waals surface area (Å²) in [6.07, 6.45) is 0. The van der Waals surface area contributed by atoms with Gasteiger partial charge in [-0.05, 0) is 47.1 Å². The molecule has 0 aliphatic rings. The van der Waals surface area contributed by atoms with Gasteiger partial charge >= 0.3 is 0 Å². The molecule has 6 heteroatoms. The normalized spacial score (nSPS) is 10.6. The summed E-state index contributed by atoms with van der Waals surface area (Å²) >= 11 is 6.60. The van der Waals surface area contributed by atoms with Gasteiger partial charge in [-0.2, -0.15) is 0 Å². The standard InChI is InChI=1S/C15H17BrN2OS2/c1-2-18(9-11-7-8-14(16)21-11)15(19)10-20-13-6-4-3-5-12(13)17/h3-8H,2,9-10,17H2,1H3. The summed E-state index contributed by atoms with van der Waals surface area (Å²) in [6, 6.07) is 11.7. The number of amides is 1. The Morgan fingerprint density at radius 1 is 1.33 bits per heavy atom. The smallest absolute Gasteiger partial charge is 0.233 e. The fraction of sp³-hybridized carbons (Fsp3) is 0.267. The molecule has 2 rings (SSSR count). The van der Waals surface area contributed by atoms with Crippen molar-refractivity contribution in [3.05, 3.63) is 45.1 Å². The lowest BCUT2D eigenvalue weighted by Gasteiger charge is -2.20. The summed E-state index contributed by atoms with van der Waals surface area (Å²) < 4.78 is 1.09. The first-order valence-electron chi connectivity index (χ1n) is 6.59. The van der Waals surface area contributed by atoms with Crippen LogP contribution in [0.3, 0.4) is 0 Å². The van der Waals surface area contributed by atoms with E-state index in [1.165, 1.54) is 16.6 Å². The molecule has 0 unspecified atom stereocenters. The fourth-order valence-electron chi connectivity index (χ4n) is 1.84. The van der Waals surface area contributed by atoms with Crippen molar-refractivity contribution >= 4 is 50.6 Å². The topological polar surface area (TPSA) is 46.3 Å². The van der Waals surface area contributed by atoms with Crippen molar-refractivity contribution in [2.45, 2.75) is 18.4 Å². The van der Waals surface area contributed by atoms with Gasteiger partial charge in [0.15, 0.2) is 0 Å². The Morgan fingerprint density at radius 2 is 2.10 bits per heavy atom. The van der Waals surface area contributed by atoms with Crippen LogP contribution in [-0.2, 0) is 11.3 Å². The average Bonchev–Trinajstić information content (AvgIpc) is 2.89. The number of benzene rings is 1. The molecule has 1 aromatic carbocycles. The number of nitrogens with two attached hydrogens (primary N) is 1. The number of rotatable bonds is 6. The van der Waals surface area contributed by atoms with Crippen LogP contribution in [0.1, 0.15) is 11.8 Å². The first-order chi connectivity index (χ1) is 10.1. The van der Waals surface area contributed by atoms with E-state index in [1.807, 2.05) is 48.2 Å². The number of para-hydroxylation sites is 1. The first kappa shape index (κ1) is 16.4. The number of nitrogens with zero attached hydrogens (tertiary/aromatic N) is 1. The van der Waals surface area contributed by atoms with Crippen molar-refractivity contribution in [1.29, 1.82) is 0 Å². The molecular weight excluding hydrogens is 368 g/mol. The zero-order valence-corrected chi connectivity index (χ0v) is 14.9. The number of hydrogen-bond donors (Lipinski definition) is 1. The van der Waals surface area contributed by atoms with E-state index in [9.17, 15) is 4.79 Å². The molecule has 0 saturated heterocycles. The Morgan fingerprint density at radius 3 is 2.71 bits per heavy atom. The third-order valence-corrected chi connectivity index (χ3v) is 5.66. The molecule has 0 saturated carbocycles. The molecule has 2 aromatic rings. The summed E-state index contributed by atoms with van der Waals surface area (Å²) in [5.74, 6) is 0.546. The number of halogens is 1. The van der Waals surface area contributed by atoms with Crippen LogP contribution < -0.4 is 5.73 Å². The van der Waals surface area contributed by atoms with Gasteiger partial charge in [0.2, 0.25) is 5.91 Å². The Hall–Kier alpha value is -0.980. The largest absolute Gasteiger partial charge is 0.398 e. The monoisotopic (exact) mass is 384 g/mol. The second-order valence-electron chi connectivity index (χ2n) is 4.44. The van der Waals surface area contributed by atoms with Gasteiger partial charge in [-0.15, -0.1) is 23.1 Å². The molecule has 0 aliphatic carbocycles. The quantitative estimate of drug-likeness (QED) is 0.598. The number of thiophene rings is 1. The first-order valence-corrected chi connectivity index (χ1v) is 9.19. The predicted molar refractivity (Wildman–Crippen MR) is 94.7 cm³/mol. The van der Waals surface area contributed by atoms with Crippen LogP contribution in [0, 0.1) is 0 Å². The van der Waals surface area contributed by atoms with Crippen molar-refractivity contribution in [3.8, 4) is 0 Å². The average molecular weight is 385 g/mol. The van der Waals surface area contributed by atoms with Gasteiger partial charge in [0.1, 0.15) is 0 Å². The number of nitrogen functional groups attached to an aromatic ring is 1. The van der Waals surface area contributed by atoms with Crippen molar-refractivity contribution in [1.82, 2.24) is 4.90 Å². The third kappa shape index (κ3) is 4.76. The van der Waals surface area contributed by atoms with Crippen LogP contribution in [0.4, 0.5) is 5.69 Å². The van der Waals surface area contributed by atoms with E-state index in [0.29, 0.717) is 18.8 Å². The second kappa shape index (κ2) is 7.87.